The van der Waals surface area contributed by atoms with Gasteiger partial charge in [-0.1, -0.05) is 41.4 Å². The number of aryl methyl sites for hydroxylation is 1. The molecule has 146 valence electrons. The van der Waals surface area contributed by atoms with Gasteiger partial charge in [-0.2, -0.15) is 5.10 Å². The fourth-order valence-corrected chi connectivity index (χ4v) is 2.25. The number of benzene rings is 2. The minimum absolute atomic E-state index is 0.206. The van der Waals surface area contributed by atoms with Crippen molar-refractivity contribution in [3.63, 3.8) is 0 Å². The number of rotatable bonds is 7. The molecule has 0 bridgehead atoms. The second kappa shape index (κ2) is 10.1. The van der Waals surface area contributed by atoms with Crippen LogP contribution in [0.25, 0.3) is 0 Å². The normalized spacial score (nSPS) is 10.5. The summed E-state index contributed by atoms with van der Waals surface area (Å²) in [5.41, 5.74) is 4.38. The van der Waals surface area contributed by atoms with E-state index >= 15 is 0 Å². The molecule has 2 aromatic rings. The van der Waals surface area contributed by atoms with E-state index < -0.39 is 24.4 Å². The third-order valence-electron chi connectivity index (χ3n) is 3.47. The van der Waals surface area contributed by atoms with E-state index in [1.54, 1.807) is 0 Å². The molecular weight excluding hydrogens is 386 g/mol. The van der Waals surface area contributed by atoms with Crippen LogP contribution in [0.5, 0.6) is 5.75 Å². The first kappa shape index (κ1) is 20.9. The van der Waals surface area contributed by atoms with Gasteiger partial charge in [0.2, 0.25) is 0 Å². The number of hydrogen-bond acceptors (Lipinski definition) is 5. The summed E-state index contributed by atoms with van der Waals surface area (Å²) in [6, 6.07) is 12.0. The van der Waals surface area contributed by atoms with E-state index in [4.69, 9.17) is 21.4 Å². The van der Waals surface area contributed by atoms with Gasteiger partial charge in [-0.15, -0.1) is 0 Å². The van der Waals surface area contributed by atoms with Gasteiger partial charge in [0.25, 0.3) is 0 Å². The molecule has 28 heavy (non-hydrogen) atoms. The Labute approximate surface area is 166 Å². The quantitative estimate of drug-likeness (QED) is 0.370. The van der Waals surface area contributed by atoms with E-state index in [0.717, 1.165) is 11.1 Å². The number of hydrazone groups is 1. The highest BCUT2D eigenvalue weighted by molar-refractivity contribution is 6.35. The summed E-state index contributed by atoms with van der Waals surface area (Å²) in [4.78, 5) is 34.2. The zero-order valence-corrected chi connectivity index (χ0v) is 15.7. The van der Waals surface area contributed by atoms with Crippen LogP contribution < -0.4 is 15.5 Å². The first-order chi connectivity index (χ1) is 13.3. The number of carbonyl (C=O) groups excluding carboxylic acids is 2. The fraction of sp³-hybridized carbons (Fsp3) is 0.158. The molecule has 0 aliphatic heterocycles. The van der Waals surface area contributed by atoms with E-state index in [2.05, 4.69) is 15.8 Å². The number of carboxylic acids is 1. The van der Waals surface area contributed by atoms with Crippen molar-refractivity contribution < 1.29 is 24.2 Å². The van der Waals surface area contributed by atoms with E-state index in [1.165, 1.54) is 24.4 Å². The maximum atomic E-state index is 11.8. The highest BCUT2D eigenvalue weighted by Crippen LogP contribution is 2.21. The molecule has 0 atom stereocenters. The van der Waals surface area contributed by atoms with Gasteiger partial charge in [-0.25, -0.2) is 10.2 Å². The molecule has 0 heterocycles. The van der Waals surface area contributed by atoms with Crippen LogP contribution in [0.4, 0.5) is 0 Å². The predicted molar refractivity (Wildman–Crippen MR) is 103 cm³/mol. The van der Waals surface area contributed by atoms with Crippen LogP contribution in [0.1, 0.15) is 16.7 Å². The van der Waals surface area contributed by atoms with Gasteiger partial charge < -0.3 is 15.2 Å². The molecule has 0 saturated heterocycles. The Balaban J connectivity index is 1.91. The Morgan fingerprint density at radius 3 is 2.54 bits per heavy atom. The lowest BCUT2D eigenvalue weighted by Gasteiger charge is -2.07. The van der Waals surface area contributed by atoms with Crippen molar-refractivity contribution in [3.05, 3.63) is 64.2 Å². The Morgan fingerprint density at radius 2 is 1.86 bits per heavy atom. The van der Waals surface area contributed by atoms with Crippen LogP contribution >= 0.6 is 11.6 Å². The molecule has 9 heteroatoms. The van der Waals surface area contributed by atoms with Crippen LogP contribution in [0.3, 0.4) is 0 Å². The summed E-state index contributed by atoms with van der Waals surface area (Å²) in [7, 11) is 0. The molecule has 0 unspecified atom stereocenters. The second-order valence-electron chi connectivity index (χ2n) is 5.73. The van der Waals surface area contributed by atoms with Crippen LogP contribution in [-0.2, 0) is 20.9 Å². The van der Waals surface area contributed by atoms with E-state index in [9.17, 15) is 14.4 Å². The van der Waals surface area contributed by atoms with E-state index in [0.29, 0.717) is 10.6 Å². The Kier molecular flexibility index (Phi) is 7.53. The number of nitrogens with zero attached hydrogens (tertiary/aromatic N) is 1. The zero-order chi connectivity index (χ0) is 20.5. The number of aliphatic carboxylic acids is 1. The number of carboxylic acid groups (broad SMARTS) is 1. The van der Waals surface area contributed by atoms with E-state index in [1.807, 2.05) is 31.2 Å². The molecule has 2 aromatic carbocycles. The molecule has 0 fully saturated rings. The maximum absolute atomic E-state index is 11.8. The molecule has 8 nitrogen and oxygen atoms in total. The molecule has 2 amide bonds. The van der Waals surface area contributed by atoms with Crippen LogP contribution in [0.2, 0.25) is 5.02 Å². The lowest BCUT2D eigenvalue weighted by Crippen LogP contribution is -2.37. The van der Waals surface area contributed by atoms with Crippen molar-refractivity contribution in [1.82, 2.24) is 10.7 Å². The minimum atomic E-state index is -1.14. The Bertz CT molecular complexity index is 897. The zero-order valence-electron chi connectivity index (χ0n) is 14.9. The fourth-order valence-electron chi connectivity index (χ4n) is 2.07. The Hall–Kier alpha value is -3.39. The molecule has 0 saturated carbocycles. The van der Waals surface area contributed by atoms with Crippen molar-refractivity contribution in [3.8, 4) is 5.75 Å². The number of amides is 2. The smallest absolute Gasteiger partial charge is 0.341 e. The molecule has 2 rings (SSSR count). The van der Waals surface area contributed by atoms with Crippen molar-refractivity contribution in [1.29, 1.82) is 0 Å². The van der Waals surface area contributed by atoms with Crippen molar-refractivity contribution in [2.75, 3.05) is 6.61 Å². The first-order valence-corrected chi connectivity index (χ1v) is 8.54. The number of carbonyl (C=O) groups is 3. The first-order valence-electron chi connectivity index (χ1n) is 8.16. The molecule has 0 aliphatic rings. The predicted octanol–water partition coefficient (Wildman–Crippen LogP) is 1.88. The summed E-state index contributed by atoms with van der Waals surface area (Å²) in [6.07, 6.45) is 1.20. The summed E-state index contributed by atoms with van der Waals surface area (Å²) < 4.78 is 5.11. The van der Waals surface area contributed by atoms with Gasteiger partial charge in [0.15, 0.2) is 6.61 Å². The highest BCUT2D eigenvalue weighted by atomic mass is 35.5. The minimum Gasteiger partial charge on any atom is -0.481 e. The number of nitrogens with one attached hydrogen (secondary N) is 2. The number of hydrogen-bond donors (Lipinski definition) is 3. The van der Waals surface area contributed by atoms with E-state index in [-0.39, 0.29) is 12.3 Å². The van der Waals surface area contributed by atoms with Gasteiger partial charge in [-0.3, -0.25) is 9.59 Å². The standard InChI is InChI=1S/C19H18ClN3O5/c1-12-2-4-13(5-3-12)9-21-18(26)19(27)23-22-10-14-8-15(20)6-7-16(14)28-11-17(24)25/h2-8,10H,9,11H2,1H3,(H,21,26)(H,23,27)(H,24,25)/b22-10-. The van der Waals surface area contributed by atoms with Crippen LogP contribution in [0, 0.1) is 6.92 Å². The maximum Gasteiger partial charge on any atom is 0.341 e. The van der Waals surface area contributed by atoms with Crippen LogP contribution in [-0.4, -0.2) is 35.7 Å². The summed E-state index contributed by atoms with van der Waals surface area (Å²) in [6.45, 7) is 1.61. The molecule has 0 radical (unpaired) electrons. The largest absolute Gasteiger partial charge is 0.481 e. The highest BCUT2D eigenvalue weighted by Gasteiger charge is 2.12. The lowest BCUT2D eigenvalue weighted by molar-refractivity contribution is -0.139. The van der Waals surface area contributed by atoms with Gasteiger partial charge in [0.1, 0.15) is 5.75 Å². The topological polar surface area (TPSA) is 117 Å². The van der Waals surface area contributed by atoms with Gasteiger partial charge in [-0.05, 0) is 30.7 Å². The summed E-state index contributed by atoms with van der Waals surface area (Å²) in [5, 5.41) is 15.2. The lowest BCUT2D eigenvalue weighted by atomic mass is 10.1. The summed E-state index contributed by atoms with van der Waals surface area (Å²) in [5.74, 6) is -2.71. The van der Waals surface area contributed by atoms with Crippen molar-refractivity contribution in [2.24, 2.45) is 5.10 Å². The monoisotopic (exact) mass is 403 g/mol. The van der Waals surface area contributed by atoms with Crippen LogP contribution in [0.15, 0.2) is 47.6 Å². The SMILES string of the molecule is Cc1ccc(CNC(=O)C(=O)N/N=C\c2cc(Cl)ccc2OCC(=O)O)cc1. The average molecular weight is 404 g/mol. The number of ether oxygens (including phenoxy) is 1. The Morgan fingerprint density at radius 1 is 1.14 bits per heavy atom. The van der Waals surface area contributed by atoms with Gasteiger partial charge >= 0.3 is 17.8 Å². The molecule has 0 spiro atoms. The second-order valence-corrected chi connectivity index (χ2v) is 6.17. The molecule has 0 aromatic heterocycles. The van der Waals surface area contributed by atoms with Crippen molar-refractivity contribution in [2.45, 2.75) is 13.5 Å². The average Bonchev–Trinajstić information content (AvgIpc) is 2.66. The van der Waals surface area contributed by atoms with Gasteiger partial charge in [0.05, 0.1) is 6.21 Å². The third-order valence-corrected chi connectivity index (χ3v) is 3.71. The third kappa shape index (κ3) is 6.73. The van der Waals surface area contributed by atoms with Gasteiger partial charge in [0, 0.05) is 17.1 Å². The molecule has 3 N–H and O–H groups in total. The van der Waals surface area contributed by atoms with Crippen molar-refractivity contribution >= 4 is 35.6 Å². The number of halogens is 1. The molecule has 0 aliphatic carbocycles. The summed E-state index contributed by atoms with van der Waals surface area (Å²) >= 11 is 5.90. The molecular formula is C19H18ClN3O5.